The van der Waals surface area contributed by atoms with Gasteiger partial charge in [0.25, 0.3) is 0 Å². The molecule has 1 aliphatic rings. The number of benzene rings is 1. The molecule has 1 aliphatic carbocycles. The van der Waals surface area contributed by atoms with E-state index in [0.717, 1.165) is 22.4 Å². The number of rotatable bonds is 2. The Balaban J connectivity index is 1.90. The third-order valence-corrected chi connectivity index (χ3v) is 4.34. The van der Waals surface area contributed by atoms with Crippen molar-refractivity contribution in [1.29, 1.82) is 0 Å². The predicted octanol–water partition coefficient (Wildman–Crippen LogP) is 3.59. The molecule has 2 unspecified atom stereocenters. The Hall–Kier alpha value is -1.84. The molecule has 1 aromatic carbocycles. The van der Waals surface area contributed by atoms with E-state index < -0.39 is 0 Å². The SMILES string of the molecule is CC1CCCCCC1Nc1ncnc2cc(N)ccc12. The van der Waals surface area contributed by atoms with E-state index in [1.807, 2.05) is 18.2 Å². The summed E-state index contributed by atoms with van der Waals surface area (Å²) in [6, 6.07) is 6.33. The minimum absolute atomic E-state index is 0.508. The summed E-state index contributed by atoms with van der Waals surface area (Å²) in [6.45, 7) is 2.34. The van der Waals surface area contributed by atoms with Crippen LogP contribution in [-0.4, -0.2) is 16.0 Å². The van der Waals surface area contributed by atoms with Crippen molar-refractivity contribution < 1.29 is 0 Å². The quantitative estimate of drug-likeness (QED) is 0.646. The van der Waals surface area contributed by atoms with E-state index >= 15 is 0 Å². The summed E-state index contributed by atoms with van der Waals surface area (Å²) in [5, 5.41) is 4.69. The number of anilines is 2. The minimum atomic E-state index is 0.508. The molecule has 1 heterocycles. The highest BCUT2D eigenvalue weighted by atomic mass is 15.0. The molecule has 0 spiro atoms. The lowest BCUT2D eigenvalue weighted by Gasteiger charge is -2.24. The van der Waals surface area contributed by atoms with Crippen LogP contribution in [0.4, 0.5) is 11.5 Å². The second-order valence-electron chi connectivity index (χ2n) is 5.86. The first-order chi connectivity index (χ1) is 9.74. The lowest BCUT2D eigenvalue weighted by Crippen LogP contribution is -2.26. The fourth-order valence-corrected chi connectivity index (χ4v) is 3.07. The smallest absolute Gasteiger partial charge is 0.137 e. The van der Waals surface area contributed by atoms with Crippen molar-refractivity contribution in [2.75, 3.05) is 11.1 Å². The molecule has 1 saturated carbocycles. The standard InChI is InChI=1S/C16H22N4/c1-11-5-3-2-4-6-14(11)20-16-13-8-7-12(17)9-15(13)18-10-19-16/h7-11,14H,2-6,17H2,1H3,(H,18,19,20). The largest absolute Gasteiger partial charge is 0.399 e. The molecule has 0 bridgehead atoms. The first-order valence-corrected chi connectivity index (χ1v) is 7.51. The van der Waals surface area contributed by atoms with Crippen LogP contribution in [-0.2, 0) is 0 Å². The summed E-state index contributed by atoms with van der Waals surface area (Å²) < 4.78 is 0. The summed E-state index contributed by atoms with van der Waals surface area (Å²) in [7, 11) is 0. The van der Waals surface area contributed by atoms with Gasteiger partial charge in [-0.05, 0) is 37.0 Å². The molecule has 1 aromatic heterocycles. The Kier molecular flexibility index (Phi) is 3.72. The summed E-state index contributed by atoms with van der Waals surface area (Å²) in [5.74, 6) is 1.63. The normalized spacial score (nSPS) is 23.4. The number of hydrogen-bond donors (Lipinski definition) is 2. The zero-order valence-electron chi connectivity index (χ0n) is 12.0. The molecule has 3 rings (SSSR count). The molecule has 1 fully saturated rings. The van der Waals surface area contributed by atoms with Gasteiger partial charge in [-0.15, -0.1) is 0 Å². The number of nitrogens with two attached hydrogens (primary N) is 1. The first kappa shape index (κ1) is 13.2. The maximum atomic E-state index is 5.82. The number of nitrogens with zero attached hydrogens (tertiary/aromatic N) is 2. The molecule has 0 radical (unpaired) electrons. The molecule has 3 N–H and O–H groups in total. The van der Waals surface area contributed by atoms with Crippen molar-refractivity contribution in [1.82, 2.24) is 9.97 Å². The molecule has 0 aliphatic heterocycles. The van der Waals surface area contributed by atoms with Crippen LogP contribution in [0.15, 0.2) is 24.5 Å². The van der Waals surface area contributed by atoms with Gasteiger partial charge < -0.3 is 11.1 Å². The molecule has 20 heavy (non-hydrogen) atoms. The Morgan fingerprint density at radius 3 is 2.90 bits per heavy atom. The predicted molar refractivity (Wildman–Crippen MR) is 83.6 cm³/mol. The van der Waals surface area contributed by atoms with Crippen molar-refractivity contribution in [3.8, 4) is 0 Å². The average molecular weight is 270 g/mol. The Morgan fingerprint density at radius 1 is 1.15 bits per heavy atom. The van der Waals surface area contributed by atoms with Crippen LogP contribution >= 0.6 is 0 Å². The van der Waals surface area contributed by atoms with Crippen LogP contribution in [0.5, 0.6) is 0 Å². The van der Waals surface area contributed by atoms with E-state index in [1.165, 1.54) is 32.1 Å². The highest BCUT2D eigenvalue weighted by Gasteiger charge is 2.20. The van der Waals surface area contributed by atoms with Gasteiger partial charge >= 0.3 is 0 Å². The second-order valence-corrected chi connectivity index (χ2v) is 5.86. The van der Waals surface area contributed by atoms with Crippen molar-refractivity contribution in [3.63, 3.8) is 0 Å². The number of fused-ring (bicyclic) bond motifs is 1. The molecular weight excluding hydrogens is 248 g/mol. The van der Waals surface area contributed by atoms with Crippen LogP contribution in [0.3, 0.4) is 0 Å². The fraction of sp³-hybridized carbons (Fsp3) is 0.500. The van der Waals surface area contributed by atoms with Crippen molar-refractivity contribution >= 4 is 22.4 Å². The number of aromatic nitrogens is 2. The lowest BCUT2D eigenvalue weighted by atomic mass is 9.97. The van der Waals surface area contributed by atoms with E-state index in [1.54, 1.807) is 6.33 Å². The number of nitrogen functional groups attached to an aromatic ring is 1. The first-order valence-electron chi connectivity index (χ1n) is 7.51. The summed E-state index contributed by atoms with van der Waals surface area (Å²) in [5.41, 5.74) is 7.47. The molecule has 2 atom stereocenters. The molecule has 0 saturated heterocycles. The van der Waals surface area contributed by atoms with E-state index in [0.29, 0.717) is 12.0 Å². The van der Waals surface area contributed by atoms with Crippen molar-refractivity contribution in [3.05, 3.63) is 24.5 Å². The van der Waals surface area contributed by atoms with Gasteiger partial charge in [0.15, 0.2) is 0 Å². The van der Waals surface area contributed by atoms with Crippen LogP contribution in [0, 0.1) is 5.92 Å². The lowest BCUT2D eigenvalue weighted by molar-refractivity contribution is 0.456. The van der Waals surface area contributed by atoms with E-state index in [9.17, 15) is 0 Å². The van der Waals surface area contributed by atoms with Crippen molar-refractivity contribution in [2.45, 2.75) is 45.1 Å². The summed E-state index contributed by atoms with van der Waals surface area (Å²) in [6.07, 6.45) is 8.14. The number of nitrogens with one attached hydrogen (secondary N) is 1. The van der Waals surface area contributed by atoms with Gasteiger partial charge in [0.05, 0.1) is 5.52 Å². The highest BCUT2D eigenvalue weighted by molar-refractivity contribution is 5.90. The van der Waals surface area contributed by atoms with Gasteiger partial charge in [0.2, 0.25) is 0 Å². The van der Waals surface area contributed by atoms with E-state index in [2.05, 4.69) is 22.2 Å². The Labute approximate surface area is 119 Å². The van der Waals surface area contributed by atoms with Crippen LogP contribution in [0.25, 0.3) is 10.9 Å². The Bertz CT molecular complexity index is 596. The second kappa shape index (κ2) is 5.65. The summed E-state index contributed by atoms with van der Waals surface area (Å²) >= 11 is 0. The molecule has 0 amide bonds. The third-order valence-electron chi connectivity index (χ3n) is 4.34. The third kappa shape index (κ3) is 2.69. The van der Waals surface area contributed by atoms with E-state index in [-0.39, 0.29) is 0 Å². The van der Waals surface area contributed by atoms with Crippen LogP contribution in [0.1, 0.15) is 39.0 Å². The molecule has 2 aromatic rings. The monoisotopic (exact) mass is 270 g/mol. The van der Waals surface area contributed by atoms with Crippen LogP contribution < -0.4 is 11.1 Å². The number of hydrogen-bond acceptors (Lipinski definition) is 4. The van der Waals surface area contributed by atoms with Gasteiger partial charge in [-0.25, -0.2) is 9.97 Å². The van der Waals surface area contributed by atoms with Gasteiger partial charge in [0, 0.05) is 17.1 Å². The maximum Gasteiger partial charge on any atom is 0.137 e. The van der Waals surface area contributed by atoms with Crippen LogP contribution in [0.2, 0.25) is 0 Å². The van der Waals surface area contributed by atoms with Crippen molar-refractivity contribution in [2.24, 2.45) is 5.92 Å². The minimum Gasteiger partial charge on any atom is -0.399 e. The van der Waals surface area contributed by atoms with E-state index in [4.69, 9.17) is 5.73 Å². The summed E-state index contributed by atoms with van der Waals surface area (Å²) in [4.78, 5) is 8.73. The van der Waals surface area contributed by atoms with Gasteiger partial charge in [-0.1, -0.05) is 26.2 Å². The molecular formula is C16H22N4. The highest BCUT2D eigenvalue weighted by Crippen LogP contribution is 2.28. The Morgan fingerprint density at radius 2 is 2.00 bits per heavy atom. The van der Waals surface area contributed by atoms with Gasteiger partial charge in [0.1, 0.15) is 12.1 Å². The van der Waals surface area contributed by atoms with Gasteiger partial charge in [-0.3, -0.25) is 0 Å². The molecule has 4 heteroatoms. The van der Waals surface area contributed by atoms with Gasteiger partial charge in [-0.2, -0.15) is 0 Å². The molecule has 4 nitrogen and oxygen atoms in total. The topological polar surface area (TPSA) is 63.8 Å². The molecule has 106 valence electrons. The fourth-order valence-electron chi connectivity index (χ4n) is 3.07. The zero-order valence-corrected chi connectivity index (χ0v) is 12.0. The zero-order chi connectivity index (χ0) is 13.9. The average Bonchev–Trinajstić information content (AvgIpc) is 2.64. The maximum absolute atomic E-state index is 5.82.